The molecule has 9 heteroatoms. The fourth-order valence-corrected chi connectivity index (χ4v) is 8.42. The highest BCUT2D eigenvalue weighted by molar-refractivity contribution is 14.1. The molecule has 6 atom stereocenters. The van der Waals surface area contributed by atoms with Gasteiger partial charge >= 0.3 is 0 Å². The number of imide groups is 2. The Morgan fingerprint density at radius 1 is 1.00 bits per heavy atom. The molecule has 0 unspecified atom stereocenters. The van der Waals surface area contributed by atoms with Gasteiger partial charge in [0.05, 0.1) is 39.5 Å². The van der Waals surface area contributed by atoms with Gasteiger partial charge in [-0.05, 0) is 98.9 Å². The van der Waals surface area contributed by atoms with Crippen LogP contribution >= 0.6 is 22.6 Å². The average molecular weight is 669 g/mol. The molecule has 1 saturated carbocycles. The minimum Gasteiger partial charge on any atom is -0.504 e. The summed E-state index contributed by atoms with van der Waals surface area (Å²) in [6.07, 6.45) is 2.73. The second-order valence-electron chi connectivity index (χ2n) is 12.7. The number of hydrogen-bond donors (Lipinski definition) is 1. The zero-order chi connectivity index (χ0) is 29.6. The summed E-state index contributed by atoms with van der Waals surface area (Å²) >= 11 is 2.04. The van der Waals surface area contributed by atoms with Gasteiger partial charge in [0.1, 0.15) is 0 Å². The lowest BCUT2D eigenvalue weighted by Crippen LogP contribution is -2.49. The van der Waals surface area contributed by atoms with Gasteiger partial charge in [0, 0.05) is 11.5 Å². The Balaban J connectivity index is 1.55. The summed E-state index contributed by atoms with van der Waals surface area (Å²) < 4.78 is 6.04. The Hall–Kier alpha value is -3.21. The number of allylic oxidation sites excluding steroid dienone is 2. The highest BCUT2D eigenvalue weighted by Gasteiger charge is 2.68. The SMILES string of the molecule is COc1cc([C@H]2C3=CC[C@@H]4C(=O)N(C(C)(C)C)C(=O)[C@@H]4[C@@H]3C[C@H]3C(=O)N(c4ccccc4)C(=O)[C@@]23C)cc(I)c1O. The van der Waals surface area contributed by atoms with Gasteiger partial charge in [-0.1, -0.05) is 29.8 Å². The highest BCUT2D eigenvalue weighted by atomic mass is 127. The number of aromatic hydroxyl groups is 1. The van der Waals surface area contributed by atoms with Crippen molar-refractivity contribution >= 4 is 51.9 Å². The molecular weight excluding hydrogens is 635 g/mol. The van der Waals surface area contributed by atoms with Crippen LogP contribution in [0.15, 0.2) is 54.1 Å². The molecule has 2 saturated heterocycles. The molecule has 0 radical (unpaired) electrons. The third-order valence-electron chi connectivity index (χ3n) is 9.56. The number of fused-ring (bicyclic) bond motifs is 4. The Bertz CT molecular complexity index is 1530. The van der Waals surface area contributed by atoms with Crippen molar-refractivity contribution in [2.75, 3.05) is 12.0 Å². The maximum absolute atomic E-state index is 14.4. The van der Waals surface area contributed by atoms with Gasteiger partial charge in [0.2, 0.25) is 23.6 Å². The first-order valence-electron chi connectivity index (χ1n) is 13.9. The molecule has 8 nitrogen and oxygen atoms in total. The molecule has 4 aliphatic rings. The molecule has 41 heavy (non-hydrogen) atoms. The summed E-state index contributed by atoms with van der Waals surface area (Å²) in [6.45, 7) is 7.42. The number of halogens is 1. The van der Waals surface area contributed by atoms with Gasteiger partial charge in [0.15, 0.2) is 11.5 Å². The molecule has 2 aromatic rings. The van der Waals surface area contributed by atoms with Crippen molar-refractivity contribution in [1.82, 2.24) is 4.90 Å². The van der Waals surface area contributed by atoms with Crippen LogP contribution in [0.4, 0.5) is 5.69 Å². The molecule has 4 amide bonds. The van der Waals surface area contributed by atoms with E-state index in [1.807, 2.05) is 68.5 Å². The van der Waals surface area contributed by atoms with Crippen LogP contribution in [0, 0.1) is 32.7 Å². The molecule has 2 aliphatic heterocycles. The minimum atomic E-state index is -1.15. The van der Waals surface area contributed by atoms with Crippen molar-refractivity contribution in [3.05, 3.63) is 63.2 Å². The van der Waals surface area contributed by atoms with E-state index in [1.165, 1.54) is 16.9 Å². The number of anilines is 1. The maximum Gasteiger partial charge on any atom is 0.241 e. The highest BCUT2D eigenvalue weighted by Crippen LogP contribution is 2.64. The lowest BCUT2D eigenvalue weighted by molar-refractivity contribution is -0.145. The van der Waals surface area contributed by atoms with Gasteiger partial charge in [-0.25, -0.2) is 4.90 Å². The topological polar surface area (TPSA) is 104 Å². The normalized spacial score (nSPS) is 31.2. The first-order chi connectivity index (χ1) is 19.3. The fraction of sp³-hybridized carbons (Fsp3) is 0.438. The van der Waals surface area contributed by atoms with Crippen LogP contribution in [-0.4, -0.2) is 46.3 Å². The van der Waals surface area contributed by atoms with Crippen LogP contribution in [0.25, 0.3) is 0 Å². The Morgan fingerprint density at radius 3 is 2.32 bits per heavy atom. The quantitative estimate of drug-likeness (QED) is 0.280. The molecule has 0 bridgehead atoms. The van der Waals surface area contributed by atoms with Crippen molar-refractivity contribution in [3.8, 4) is 11.5 Å². The van der Waals surface area contributed by atoms with E-state index in [9.17, 15) is 24.3 Å². The summed E-state index contributed by atoms with van der Waals surface area (Å²) in [5.74, 6) is -3.44. The first kappa shape index (κ1) is 27.9. The Labute approximate surface area is 252 Å². The number of carbonyl (C=O) groups excluding carboxylic acids is 4. The molecule has 2 aliphatic carbocycles. The van der Waals surface area contributed by atoms with Crippen LogP contribution in [0.1, 0.15) is 52.0 Å². The second-order valence-corrected chi connectivity index (χ2v) is 13.9. The maximum atomic E-state index is 14.4. The molecule has 1 N–H and O–H groups in total. The lowest BCUT2D eigenvalue weighted by Gasteiger charge is -2.49. The molecule has 6 rings (SSSR count). The van der Waals surface area contributed by atoms with Crippen LogP contribution in [0.3, 0.4) is 0 Å². The molecular formula is C32H33IN2O6. The van der Waals surface area contributed by atoms with Crippen molar-refractivity contribution in [1.29, 1.82) is 0 Å². The van der Waals surface area contributed by atoms with E-state index >= 15 is 0 Å². The zero-order valence-corrected chi connectivity index (χ0v) is 25.8. The van der Waals surface area contributed by atoms with Crippen LogP contribution in [0.2, 0.25) is 0 Å². The van der Waals surface area contributed by atoms with Gasteiger partial charge in [-0.15, -0.1) is 0 Å². The van der Waals surface area contributed by atoms with Crippen molar-refractivity contribution in [3.63, 3.8) is 0 Å². The fourth-order valence-electron chi connectivity index (χ4n) is 7.80. The number of hydrogen-bond acceptors (Lipinski definition) is 6. The zero-order valence-electron chi connectivity index (χ0n) is 23.7. The van der Waals surface area contributed by atoms with E-state index in [1.54, 1.807) is 30.3 Å². The van der Waals surface area contributed by atoms with Crippen molar-refractivity contribution in [2.24, 2.45) is 29.1 Å². The van der Waals surface area contributed by atoms with Gasteiger partial charge in [-0.3, -0.25) is 24.1 Å². The number of para-hydroxylation sites is 1. The number of phenols is 1. The van der Waals surface area contributed by atoms with E-state index < -0.39 is 34.6 Å². The number of nitrogens with zero attached hydrogens (tertiary/aromatic N) is 2. The van der Waals surface area contributed by atoms with Crippen LogP contribution < -0.4 is 9.64 Å². The number of methoxy groups -OCH3 is 1. The molecule has 0 spiro atoms. The van der Waals surface area contributed by atoms with E-state index in [0.717, 1.165) is 11.1 Å². The smallest absolute Gasteiger partial charge is 0.241 e. The molecule has 3 fully saturated rings. The third-order valence-corrected chi connectivity index (χ3v) is 10.4. The summed E-state index contributed by atoms with van der Waals surface area (Å²) in [4.78, 5) is 58.8. The number of rotatable bonds is 3. The van der Waals surface area contributed by atoms with E-state index in [-0.39, 0.29) is 41.0 Å². The predicted molar refractivity (Wildman–Crippen MR) is 160 cm³/mol. The minimum absolute atomic E-state index is 0.000670. The molecule has 214 valence electrons. The number of ether oxygens (including phenoxy) is 1. The van der Waals surface area contributed by atoms with Crippen LogP contribution in [-0.2, 0) is 19.2 Å². The average Bonchev–Trinajstić information content (AvgIpc) is 3.30. The predicted octanol–water partition coefficient (Wildman–Crippen LogP) is 5.03. The number of carbonyl (C=O) groups is 4. The van der Waals surface area contributed by atoms with Gasteiger partial charge in [-0.2, -0.15) is 0 Å². The number of likely N-dealkylation sites (tertiary alicyclic amines) is 1. The summed E-state index contributed by atoms with van der Waals surface area (Å²) in [7, 11) is 1.47. The first-order valence-corrected chi connectivity index (χ1v) is 15.0. The monoisotopic (exact) mass is 668 g/mol. The summed E-state index contributed by atoms with van der Waals surface area (Å²) in [5.41, 5.74) is 0.323. The largest absolute Gasteiger partial charge is 0.504 e. The standard InChI is InChI=1S/C32H33IN2O6/c1-31(2,3)35-27(37)19-12-11-18-20(24(19)29(35)39)15-21-28(38)34(17-9-7-6-8-10-17)30(40)32(21,4)25(18)16-13-22(33)26(36)23(14-16)41-5/h6-11,13-14,19-21,24-25,36H,12,15H2,1-5H3/t19-,20+,21-,24-,25-,32+/m0/s1. The molecule has 2 aromatic carbocycles. The van der Waals surface area contributed by atoms with Crippen molar-refractivity contribution in [2.45, 2.75) is 52.0 Å². The van der Waals surface area contributed by atoms with E-state index in [0.29, 0.717) is 22.1 Å². The van der Waals surface area contributed by atoms with Crippen LogP contribution in [0.5, 0.6) is 11.5 Å². The summed E-state index contributed by atoms with van der Waals surface area (Å²) in [5, 5.41) is 10.6. The molecule has 0 aromatic heterocycles. The number of phenolic OH excluding ortho intramolecular Hbond substituents is 1. The lowest BCUT2D eigenvalue weighted by atomic mass is 9.51. The van der Waals surface area contributed by atoms with Gasteiger partial charge < -0.3 is 9.84 Å². The Kier molecular flexibility index (Phi) is 6.41. The van der Waals surface area contributed by atoms with E-state index in [4.69, 9.17) is 4.74 Å². The summed E-state index contributed by atoms with van der Waals surface area (Å²) in [6, 6.07) is 12.5. The number of amides is 4. The van der Waals surface area contributed by atoms with Crippen molar-refractivity contribution < 1.29 is 29.0 Å². The second kappa shape index (κ2) is 9.40. The van der Waals surface area contributed by atoms with E-state index in [2.05, 4.69) is 0 Å². The number of benzene rings is 2. The Morgan fingerprint density at radius 2 is 1.68 bits per heavy atom. The molecule has 2 heterocycles. The van der Waals surface area contributed by atoms with Gasteiger partial charge in [0.25, 0.3) is 0 Å². The third kappa shape index (κ3) is 3.83.